The molecule has 1 N–H and O–H groups in total. The van der Waals surface area contributed by atoms with E-state index in [1.807, 2.05) is 18.4 Å². The molecule has 2 rings (SSSR count). The SMILES string of the molecule is C=C1NC(C)=Nc2ccsc21. The van der Waals surface area contributed by atoms with Crippen molar-refractivity contribution in [1.29, 1.82) is 0 Å². The quantitative estimate of drug-likeness (QED) is 0.625. The molecule has 0 atom stereocenters. The van der Waals surface area contributed by atoms with Crippen LogP contribution in [-0.4, -0.2) is 5.84 Å². The third-order valence-corrected chi connectivity index (χ3v) is 2.50. The summed E-state index contributed by atoms with van der Waals surface area (Å²) in [5, 5.41) is 5.11. The molecule has 0 radical (unpaired) electrons. The Labute approximate surface area is 69.3 Å². The Bertz CT molecular complexity index is 336. The summed E-state index contributed by atoms with van der Waals surface area (Å²) >= 11 is 1.67. The van der Waals surface area contributed by atoms with Crippen molar-refractivity contribution in [2.45, 2.75) is 6.92 Å². The van der Waals surface area contributed by atoms with Crippen LogP contribution >= 0.6 is 11.3 Å². The van der Waals surface area contributed by atoms with Crippen LogP contribution in [0.4, 0.5) is 5.69 Å². The molecule has 0 spiro atoms. The van der Waals surface area contributed by atoms with Crippen molar-refractivity contribution in [3.05, 3.63) is 22.9 Å². The molecule has 0 fully saturated rings. The lowest BCUT2D eigenvalue weighted by atomic mass is 10.3. The minimum Gasteiger partial charge on any atom is -0.343 e. The molecule has 0 aromatic carbocycles. The summed E-state index contributed by atoms with van der Waals surface area (Å²) < 4.78 is 0. The Morgan fingerprint density at radius 3 is 3.27 bits per heavy atom. The van der Waals surface area contributed by atoms with Crippen molar-refractivity contribution < 1.29 is 0 Å². The third kappa shape index (κ3) is 0.973. The standard InChI is InChI=1S/C8H8N2S/c1-5-8-7(3-4-11-8)10-6(2)9-5/h3-4H,1H2,2H3,(H,9,10). The van der Waals surface area contributed by atoms with Crippen molar-refractivity contribution in [2.75, 3.05) is 0 Å². The van der Waals surface area contributed by atoms with Crippen molar-refractivity contribution in [1.82, 2.24) is 5.32 Å². The minimum absolute atomic E-state index is 0.918. The van der Waals surface area contributed by atoms with Crippen molar-refractivity contribution in [3.8, 4) is 0 Å². The maximum atomic E-state index is 4.31. The number of aliphatic imine (C=N–C) groups is 1. The third-order valence-electron chi connectivity index (χ3n) is 1.54. The predicted octanol–water partition coefficient (Wildman–Crippen LogP) is 2.37. The van der Waals surface area contributed by atoms with Crippen LogP contribution in [0, 0.1) is 0 Å². The van der Waals surface area contributed by atoms with E-state index < -0.39 is 0 Å². The van der Waals surface area contributed by atoms with E-state index >= 15 is 0 Å². The fourth-order valence-corrected chi connectivity index (χ4v) is 1.86. The Kier molecular flexibility index (Phi) is 1.32. The summed E-state index contributed by atoms with van der Waals surface area (Å²) in [6.07, 6.45) is 0. The molecule has 0 bridgehead atoms. The van der Waals surface area contributed by atoms with Gasteiger partial charge in [0.05, 0.1) is 16.3 Å². The van der Waals surface area contributed by atoms with Crippen LogP contribution < -0.4 is 5.32 Å². The Morgan fingerprint density at radius 2 is 2.45 bits per heavy atom. The maximum Gasteiger partial charge on any atom is 0.104 e. The van der Waals surface area contributed by atoms with Crippen molar-refractivity contribution in [2.24, 2.45) is 4.99 Å². The molecule has 0 saturated carbocycles. The molecule has 0 saturated heterocycles. The van der Waals surface area contributed by atoms with Crippen molar-refractivity contribution in [3.63, 3.8) is 0 Å². The zero-order chi connectivity index (χ0) is 7.84. The summed E-state index contributed by atoms with van der Waals surface area (Å²) in [7, 11) is 0. The second-order valence-electron chi connectivity index (χ2n) is 2.44. The van der Waals surface area contributed by atoms with Gasteiger partial charge in [-0.25, -0.2) is 4.99 Å². The average molecular weight is 164 g/mol. The Morgan fingerprint density at radius 1 is 1.64 bits per heavy atom. The lowest BCUT2D eigenvalue weighted by Crippen LogP contribution is -2.19. The van der Waals surface area contributed by atoms with E-state index in [9.17, 15) is 0 Å². The van der Waals surface area contributed by atoms with E-state index in [1.165, 1.54) is 0 Å². The summed E-state index contributed by atoms with van der Waals surface area (Å²) in [6.45, 7) is 5.83. The molecule has 0 unspecified atom stereocenters. The molecular weight excluding hydrogens is 156 g/mol. The van der Waals surface area contributed by atoms with Gasteiger partial charge < -0.3 is 5.32 Å². The largest absolute Gasteiger partial charge is 0.343 e. The number of fused-ring (bicyclic) bond motifs is 1. The van der Waals surface area contributed by atoms with E-state index in [2.05, 4.69) is 16.9 Å². The van der Waals surface area contributed by atoms with Gasteiger partial charge in [-0.15, -0.1) is 11.3 Å². The molecule has 1 aromatic rings. The number of amidine groups is 1. The number of thiophene rings is 1. The van der Waals surface area contributed by atoms with Gasteiger partial charge in [0.1, 0.15) is 5.84 Å². The van der Waals surface area contributed by atoms with Gasteiger partial charge in [0.25, 0.3) is 0 Å². The first-order chi connectivity index (χ1) is 5.27. The number of rotatable bonds is 0. The van der Waals surface area contributed by atoms with Gasteiger partial charge in [0.15, 0.2) is 0 Å². The van der Waals surface area contributed by atoms with Crippen molar-refractivity contribution >= 4 is 28.6 Å². The van der Waals surface area contributed by atoms with E-state index in [4.69, 9.17) is 0 Å². The highest BCUT2D eigenvalue weighted by Gasteiger charge is 2.12. The van der Waals surface area contributed by atoms with Crippen LogP contribution in [0.3, 0.4) is 0 Å². The van der Waals surface area contributed by atoms with Crippen LogP contribution in [0.1, 0.15) is 11.8 Å². The molecule has 11 heavy (non-hydrogen) atoms. The second-order valence-corrected chi connectivity index (χ2v) is 3.35. The molecule has 1 aliphatic heterocycles. The molecular formula is C8H8N2S. The summed E-state index contributed by atoms with van der Waals surface area (Å²) in [6, 6.07) is 2.01. The van der Waals surface area contributed by atoms with Gasteiger partial charge in [-0.05, 0) is 18.4 Å². The molecule has 1 aromatic heterocycles. The topological polar surface area (TPSA) is 24.4 Å². The molecule has 2 nitrogen and oxygen atoms in total. The predicted molar refractivity (Wildman–Crippen MR) is 49.3 cm³/mol. The lowest BCUT2D eigenvalue weighted by molar-refractivity contribution is 1.23. The summed E-state index contributed by atoms with van der Waals surface area (Å²) in [5.41, 5.74) is 2.00. The van der Waals surface area contributed by atoms with Gasteiger partial charge in [0.2, 0.25) is 0 Å². The number of hydrogen-bond donors (Lipinski definition) is 1. The lowest BCUT2D eigenvalue weighted by Gasteiger charge is -2.13. The van der Waals surface area contributed by atoms with Gasteiger partial charge in [-0.2, -0.15) is 0 Å². The molecule has 56 valence electrons. The van der Waals surface area contributed by atoms with Crippen LogP contribution in [0.5, 0.6) is 0 Å². The van der Waals surface area contributed by atoms with Crippen LogP contribution in [0.25, 0.3) is 5.70 Å². The summed E-state index contributed by atoms with van der Waals surface area (Å²) in [4.78, 5) is 5.46. The number of nitrogens with zero attached hydrogens (tertiary/aromatic N) is 1. The second kappa shape index (κ2) is 2.20. The van der Waals surface area contributed by atoms with E-state index in [-0.39, 0.29) is 0 Å². The van der Waals surface area contributed by atoms with Gasteiger partial charge in [-0.3, -0.25) is 0 Å². The van der Waals surface area contributed by atoms with Gasteiger partial charge in [-0.1, -0.05) is 6.58 Å². The van der Waals surface area contributed by atoms with E-state index in [1.54, 1.807) is 11.3 Å². The average Bonchev–Trinajstić information content (AvgIpc) is 2.34. The maximum absolute atomic E-state index is 4.31. The minimum atomic E-state index is 0.918. The molecule has 0 amide bonds. The van der Waals surface area contributed by atoms with E-state index in [0.29, 0.717) is 0 Å². The first-order valence-electron chi connectivity index (χ1n) is 3.36. The highest BCUT2D eigenvalue weighted by Crippen LogP contribution is 2.32. The van der Waals surface area contributed by atoms with Crippen LogP contribution in [0.2, 0.25) is 0 Å². The summed E-state index contributed by atoms with van der Waals surface area (Å²) in [5.74, 6) is 0.918. The molecule has 3 heteroatoms. The molecule has 1 aliphatic rings. The first kappa shape index (κ1) is 6.61. The number of hydrogen-bond acceptors (Lipinski definition) is 3. The highest BCUT2D eigenvalue weighted by molar-refractivity contribution is 7.11. The van der Waals surface area contributed by atoms with Gasteiger partial charge in [0, 0.05) is 0 Å². The zero-order valence-corrected chi connectivity index (χ0v) is 7.03. The van der Waals surface area contributed by atoms with Gasteiger partial charge >= 0.3 is 0 Å². The molecule has 0 aliphatic carbocycles. The monoisotopic (exact) mass is 164 g/mol. The Hall–Kier alpha value is -1.09. The van der Waals surface area contributed by atoms with E-state index in [0.717, 1.165) is 22.1 Å². The zero-order valence-electron chi connectivity index (χ0n) is 6.22. The first-order valence-corrected chi connectivity index (χ1v) is 4.24. The van der Waals surface area contributed by atoms with Crippen LogP contribution in [-0.2, 0) is 0 Å². The highest BCUT2D eigenvalue weighted by atomic mass is 32.1. The smallest absolute Gasteiger partial charge is 0.104 e. The Balaban J connectivity index is 2.60. The fraction of sp³-hybridized carbons (Fsp3) is 0.125. The number of nitrogens with one attached hydrogen (secondary N) is 1. The fourth-order valence-electron chi connectivity index (χ4n) is 1.10. The van der Waals surface area contributed by atoms with Crippen LogP contribution in [0.15, 0.2) is 23.0 Å². The molecule has 2 heterocycles. The normalized spacial score (nSPS) is 15.4.